The topological polar surface area (TPSA) is 43.8 Å². The van der Waals surface area contributed by atoms with Crippen LogP contribution in [0.2, 0.25) is 0 Å². The second-order valence-corrected chi connectivity index (χ2v) is 5.75. The summed E-state index contributed by atoms with van der Waals surface area (Å²) < 4.78 is 16.1. The highest BCUT2D eigenvalue weighted by atomic mass is 79.9. The van der Waals surface area contributed by atoms with Crippen molar-refractivity contribution in [3.8, 4) is 23.6 Å². The molecule has 0 amide bonds. The van der Waals surface area contributed by atoms with E-state index in [2.05, 4.69) is 26.8 Å². The summed E-state index contributed by atoms with van der Waals surface area (Å²) in [7, 11) is 0. The number of terminal acetylenes is 1. The number of nitrogens with two attached hydrogens (primary N) is 1. The van der Waals surface area contributed by atoms with Crippen LogP contribution in [0.1, 0.15) is 24.6 Å². The Balaban J connectivity index is 2.16. The molecule has 1 aromatic heterocycles. The molecule has 102 valence electrons. The molecule has 1 aliphatic carbocycles. The van der Waals surface area contributed by atoms with E-state index in [4.69, 9.17) is 12.2 Å². The number of halogens is 2. The van der Waals surface area contributed by atoms with Gasteiger partial charge in [-0.3, -0.25) is 0 Å². The van der Waals surface area contributed by atoms with Crippen molar-refractivity contribution in [2.75, 3.05) is 5.73 Å². The van der Waals surface area contributed by atoms with Gasteiger partial charge in [-0.05, 0) is 31.0 Å². The van der Waals surface area contributed by atoms with Gasteiger partial charge in [-0.15, -0.1) is 6.42 Å². The molecule has 0 radical (unpaired) electrons. The lowest BCUT2D eigenvalue weighted by molar-refractivity contribution is 0.628. The third kappa shape index (κ3) is 2.20. The minimum absolute atomic E-state index is 0.318. The van der Waals surface area contributed by atoms with Crippen molar-refractivity contribution in [1.29, 1.82) is 0 Å². The monoisotopic (exact) mass is 333 g/mol. The van der Waals surface area contributed by atoms with Gasteiger partial charge in [0, 0.05) is 16.0 Å². The van der Waals surface area contributed by atoms with Gasteiger partial charge in [0.2, 0.25) is 0 Å². The van der Waals surface area contributed by atoms with Crippen LogP contribution in [0.25, 0.3) is 11.3 Å². The van der Waals surface area contributed by atoms with Crippen LogP contribution in [0.15, 0.2) is 22.7 Å². The second kappa shape index (κ2) is 4.95. The van der Waals surface area contributed by atoms with Crippen molar-refractivity contribution < 1.29 is 4.39 Å². The zero-order valence-electron chi connectivity index (χ0n) is 10.7. The number of nitrogens with zero attached hydrogens (tertiary/aromatic N) is 2. The zero-order valence-corrected chi connectivity index (χ0v) is 12.3. The number of imidazole rings is 1. The first-order valence-corrected chi connectivity index (χ1v) is 7.16. The number of aromatic nitrogens is 2. The lowest BCUT2D eigenvalue weighted by Crippen LogP contribution is -2.05. The highest BCUT2D eigenvalue weighted by Crippen LogP contribution is 2.43. The molecule has 0 unspecified atom stereocenters. The summed E-state index contributed by atoms with van der Waals surface area (Å²) in [6.07, 6.45) is 7.60. The van der Waals surface area contributed by atoms with E-state index in [1.165, 1.54) is 12.1 Å². The quantitative estimate of drug-likeness (QED) is 0.873. The molecular weight excluding hydrogens is 321 g/mol. The van der Waals surface area contributed by atoms with E-state index in [1.807, 2.05) is 4.57 Å². The van der Waals surface area contributed by atoms with Crippen LogP contribution in [0, 0.1) is 18.2 Å². The molecule has 0 aliphatic heterocycles. The third-order valence-corrected chi connectivity index (χ3v) is 4.10. The highest BCUT2D eigenvalue weighted by Gasteiger charge is 2.31. The molecule has 2 aromatic rings. The van der Waals surface area contributed by atoms with Gasteiger partial charge >= 0.3 is 0 Å². The van der Waals surface area contributed by atoms with Crippen LogP contribution >= 0.6 is 15.9 Å². The molecule has 0 atom stereocenters. The van der Waals surface area contributed by atoms with E-state index in [-0.39, 0.29) is 5.82 Å². The molecule has 0 saturated heterocycles. The molecule has 1 fully saturated rings. The Kier molecular flexibility index (Phi) is 3.27. The minimum Gasteiger partial charge on any atom is -0.383 e. The van der Waals surface area contributed by atoms with Crippen LogP contribution in [-0.4, -0.2) is 9.55 Å². The van der Waals surface area contributed by atoms with E-state index < -0.39 is 0 Å². The molecule has 20 heavy (non-hydrogen) atoms. The van der Waals surface area contributed by atoms with Gasteiger partial charge < -0.3 is 10.3 Å². The first-order valence-electron chi connectivity index (χ1n) is 6.36. The summed E-state index contributed by atoms with van der Waals surface area (Å²) in [6, 6.07) is 4.48. The largest absolute Gasteiger partial charge is 0.383 e. The smallest absolute Gasteiger partial charge is 0.132 e. The maximum Gasteiger partial charge on any atom is 0.132 e. The normalized spacial score (nSPS) is 14.2. The van der Waals surface area contributed by atoms with Crippen LogP contribution < -0.4 is 5.73 Å². The highest BCUT2D eigenvalue weighted by molar-refractivity contribution is 9.10. The number of hydrogen-bond donors (Lipinski definition) is 1. The standard InChI is InChI=1S/C15H13BrFN3/c1-2-7-20-14(18)13(19-15(20)9-3-4-9)11-8-10(17)5-6-12(11)16/h1,5-6,8-9H,3-4,7,18H2. The van der Waals surface area contributed by atoms with Gasteiger partial charge in [0.15, 0.2) is 0 Å². The first-order chi connectivity index (χ1) is 9.61. The lowest BCUT2D eigenvalue weighted by Gasteiger charge is -2.05. The Hall–Kier alpha value is -1.80. The van der Waals surface area contributed by atoms with Crippen LogP contribution in [0.4, 0.5) is 10.2 Å². The number of nitrogen functional groups attached to an aromatic ring is 1. The van der Waals surface area contributed by atoms with E-state index >= 15 is 0 Å². The molecule has 1 aromatic carbocycles. The molecule has 5 heteroatoms. The molecule has 3 rings (SSSR count). The van der Waals surface area contributed by atoms with Gasteiger partial charge in [-0.25, -0.2) is 9.37 Å². The summed E-state index contributed by atoms with van der Waals surface area (Å²) in [5.74, 6) is 4.11. The maximum absolute atomic E-state index is 13.5. The Bertz CT molecular complexity index is 711. The predicted molar refractivity (Wildman–Crippen MR) is 80.5 cm³/mol. The molecule has 0 bridgehead atoms. The molecule has 2 N–H and O–H groups in total. The maximum atomic E-state index is 13.5. The van der Waals surface area contributed by atoms with Gasteiger partial charge in [-0.1, -0.05) is 21.9 Å². The summed E-state index contributed by atoms with van der Waals surface area (Å²) in [6.45, 7) is 0.387. The fourth-order valence-corrected chi connectivity index (χ4v) is 2.71. The molecular formula is C15H13BrFN3. The van der Waals surface area contributed by atoms with E-state index in [9.17, 15) is 4.39 Å². The zero-order chi connectivity index (χ0) is 14.3. The first kappa shape index (κ1) is 13.2. The van der Waals surface area contributed by atoms with Crippen LogP contribution in [0.5, 0.6) is 0 Å². The van der Waals surface area contributed by atoms with Crippen LogP contribution in [-0.2, 0) is 6.54 Å². The lowest BCUT2D eigenvalue weighted by atomic mass is 10.1. The van der Waals surface area contributed by atoms with Gasteiger partial charge in [0.1, 0.15) is 23.2 Å². The minimum atomic E-state index is -0.318. The Morgan fingerprint density at radius 3 is 2.90 bits per heavy atom. The SMILES string of the molecule is C#CCn1c(C2CC2)nc(-c2cc(F)ccc2Br)c1N. The summed E-state index contributed by atoms with van der Waals surface area (Å²) >= 11 is 3.41. The predicted octanol–water partition coefficient (Wildman–Crippen LogP) is 3.54. The average molecular weight is 334 g/mol. The number of rotatable bonds is 3. The fourth-order valence-electron chi connectivity index (χ4n) is 2.27. The van der Waals surface area contributed by atoms with E-state index in [0.29, 0.717) is 29.5 Å². The van der Waals surface area contributed by atoms with Gasteiger partial charge in [0.05, 0.1) is 6.54 Å². The van der Waals surface area contributed by atoms with Crippen molar-refractivity contribution in [2.45, 2.75) is 25.3 Å². The average Bonchev–Trinajstić information content (AvgIpc) is 3.21. The fraction of sp³-hybridized carbons (Fsp3) is 0.267. The molecule has 3 nitrogen and oxygen atoms in total. The summed E-state index contributed by atoms with van der Waals surface area (Å²) in [5.41, 5.74) is 7.41. The molecule has 0 spiro atoms. The number of benzene rings is 1. The van der Waals surface area contributed by atoms with Gasteiger partial charge in [-0.2, -0.15) is 0 Å². The van der Waals surface area contributed by atoms with Crippen molar-refractivity contribution in [3.05, 3.63) is 34.3 Å². The van der Waals surface area contributed by atoms with E-state index in [1.54, 1.807) is 6.07 Å². The number of anilines is 1. The molecule has 1 heterocycles. The third-order valence-electron chi connectivity index (χ3n) is 3.41. The van der Waals surface area contributed by atoms with Crippen molar-refractivity contribution in [3.63, 3.8) is 0 Å². The van der Waals surface area contributed by atoms with Crippen LogP contribution in [0.3, 0.4) is 0 Å². The Morgan fingerprint density at radius 2 is 2.25 bits per heavy atom. The van der Waals surface area contributed by atoms with Gasteiger partial charge in [0.25, 0.3) is 0 Å². The molecule has 1 aliphatic rings. The summed E-state index contributed by atoms with van der Waals surface area (Å²) in [5, 5.41) is 0. The van der Waals surface area contributed by atoms with E-state index in [0.717, 1.165) is 23.1 Å². The second-order valence-electron chi connectivity index (χ2n) is 4.89. The number of hydrogen-bond acceptors (Lipinski definition) is 2. The van der Waals surface area contributed by atoms with Crippen molar-refractivity contribution in [1.82, 2.24) is 9.55 Å². The Morgan fingerprint density at radius 1 is 1.50 bits per heavy atom. The molecule has 1 saturated carbocycles. The Labute approximate surface area is 125 Å². The summed E-state index contributed by atoms with van der Waals surface area (Å²) in [4.78, 5) is 4.61. The van der Waals surface area contributed by atoms with Crippen molar-refractivity contribution >= 4 is 21.7 Å². The van der Waals surface area contributed by atoms with Crippen molar-refractivity contribution in [2.24, 2.45) is 0 Å².